The molecule has 2 aliphatic rings. The summed E-state index contributed by atoms with van der Waals surface area (Å²) in [5.41, 5.74) is 2.56. The summed E-state index contributed by atoms with van der Waals surface area (Å²) in [6.45, 7) is 6.15. The summed E-state index contributed by atoms with van der Waals surface area (Å²) in [7, 11) is 0. The largest absolute Gasteiger partial charge is 0.374 e. The molecule has 4 heteroatoms. The lowest BCUT2D eigenvalue weighted by Gasteiger charge is -2.23. The second kappa shape index (κ2) is 5.73. The van der Waals surface area contributed by atoms with E-state index in [0.29, 0.717) is 0 Å². The predicted octanol–water partition coefficient (Wildman–Crippen LogP) is 3.22. The maximum absolute atomic E-state index is 12.7. The lowest BCUT2D eigenvalue weighted by atomic mass is 9.88. The van der Waals surface area contributed by atoms with Gasteiger partial charge in [0.1, 0.15) is 0 Å². The Bertz CT molecular complexity index is 547. The molecular weight excluding hydrogens is 330 g/mol. The summed E-state index contributed by atoms with van der Waals surface area (Å²) >= 11 is 3.72. The van der Waals surface area contributed by atoms with Crippen molar-refractivity contribution in [1.29, 1.82) is 0 Å². The van der Waals surface area contributed by atoms with Crippen molar-refractivity contribution in [2.75, 3.05) is 0 Å². The first-order chi connectivity index (χ1) is 9.99. The van der Waals surface area contributed by atoms with Crippen LogP contribution in [0, 0.1) is 11.8 Å². The number of ether oxygens (including phenoxy) is 1. The van der Waals surface area contributed by atoms with Crippen LogP contribution in [0.3, 0.4) is 0 Å². The number of hydrogen-bond acceptors (Lipinski definition) is 2. The van der Waals surface area contributed by atoms with Gasteiger partial charge < -0.3 is 10.1 Å². The Morgan fingerprint density at radius 3 is 2.62 bits per heavy atom. The monoisotopic (exact) mass is 351 g/mol. The Labute approximate surface area is 134 Å². The Hall–Kier alpha value is -0.870. The number of nitrogens with one attached hydrogen (secondary N) is 1. The van der Waals surface area contributed by atoms with Gasteiger partial charge in [0, 0.05) is 4.83 Å². The van der Waals surface area contributed by atoms with Gasteiger partial charge in [-0.2, -0.15) is 0 Å². The van der Waals surface area contributed by atoms with Crippen molar-refractivity contribution < 1.29 is 9.53 Å². The molecule has 0 spiro atoms. The summed E-state index contributed by atoms with van der Waals surface area (Å²) in [6, 6.07) is 8.40. The minimum atomic E-state index is -0.0625. The number of carbonyl (C=O) groups excluding carboxylic acids is 1. The van der Waals surface area contributed by atoms with E-state index in [2.05, 4.69) is 46.4 Å². The van der Waals surface area contributed by atoms with Gasteiger partial charge in [0.2, 0.25) is 5.91 Å². The molecule has 1 aromatic carbocycles. The van der Waals surface area contributed by atoms with Crippen molar-refractivity contribution in [3.05, 3.63) is 35.4 Å². The average molecular weight is 352 g/mol. The zero-order valence-electron chi connectivity index (χ0n) is 12.7. The molecule has 3 rings (SSSR count). The van der Waals surface area contributed by atoms with Crippen LogP contribution < -0.4 is 5.32 Å². The normalized spacial score (nSPS) is 38.3. The molecule has 1 saturated heterocycles. The highest BCUT2D eigenvalue weighted by atomic mass is 79.9. The van der Waals surface area contributed by atoms with E-state index < -0.39 is 0 Å². The molecule has 0 aromatic heterocycles. The van der Waals surface area contributed by atoms with E-state index in [1.165, 1.54) is 11.1 Å². The third-order valence-electron chi connectivity index (χ3n) is 5.01. The van der Waals surface area contributed by atoms with Crippen LogP contribution in [0.2, 0.25) is 0 Å². The zero-order valence-corrected chi connectivity index (χ0v) is 14.3. The minimum absolute atomic E-state index is 0.0135. The van der Waals surface area contributed by atoms with Crippen molar-refractivity contribution in [3.8, 4) is 0 Å². The van der Waals surface area contributed by atoms with E-state index in [-0.39, 0.29) is 40.8 Å². The van der Waals surface area contributed by atoms with Crippen molar-refractivity contribution in [2.24, 2.45) is 11.8 Å². The molecule has 0 bridgehead atoms. The molecule has 1 fully saturated rings. The standard InChI is InChI=1S/C17H22BrNO2/c1-9-10(2)21-11(3)15(9)17(20)19-16-13-7-5-4-6-12(13)8-14(16)18/h4-7,9-11,14-16H,8H2,1-3H3,(H,19,20). The van der Waals surface area contributed by atoms with Crippen LogP contribution in [0.5, 0.6) is 0 Å². The molecule has 1 amide bonds. The molecule has 0 saturated carbocycles. The lowest BCUT2D eigenvalue weighted by molar-refractivity contribution is -0.127. The Morgan fingerprint density at radius 1 is 1.24 bits per heavy atom. The Balaban J connectivity index is 1.76. The summed E-state index contributed by atoms with van der Waals surface area (Å²) in [6.07, 6.45) is 1.09. The molecule has 1 N–H and O–H groups in total. The van der Waals surface area contributed by atoms with Crippen LogP contribution in [0.15, 0.2) is 24.3 Å². The first kappa shape index (κ1) is 15.0. The van der Waals surface area contributed by atoms with Gasteiger partial charge in [0.25, 0.3) is 0 Å². The second-order valence-electron chi connectivity index (χ2n) is 6.34. The minimum Gasteiger partial charge on any atom is -0.374 e. The van der Waals surface area contributed by atoms with Gasteiger partial charge >= 0.3 is 0 Å². The van der Waals surface area contributed by atoms with E-state index >= 15 is 0 Å². The highest BCUT2D eigenvalue weighted by molar-refractivity contribution is 9.09. The summed E-state index contributed by atoms with van der Waals surface area (Å²) in [4.78, 5) is 13.0. The van der Waals surface area contributed by atoms with Crippen molar-refractivity contribution in [1.82, 2.24) is 5.32 Å². The van der Waals surface area contributed by atoms with Gasteiger partial charge in [-0.3, -0.25) is 4.79 Å². The molecule has 21 heavy (non-hydrogen) atoms. The average Bonchev–Trinajstić information content (AvgIpc) is 2.88. The molecule has 1 heterocycles. The summed E-state index contributed by atoms with van der Waals surface area (Å²) in [5.74, 6) is 0.309. The fraction of sp³-hybridized carbons (Fsp3) is 0.588. The van der Waals surface area contributed by atoms with Gasteiger partial charge in [-0.1, -0.05) is 47.1 Å². The van der Waals surface area contributed by atoms with Gasteiger partial charge in [-0.15, -0.1) is 0 Å². The first-order valence-electron chi connectivity index (χ1n) is 7.66. The topological polar surface area (TPSA) is 38.3 Å². The third-order valence-corrected chi connectivity index (χ3v) is 5.86. The molecule has 6 atom stereocenters. The SMILES string of the molecule is CC1OC(C)C(C(=O)NC2c3ccccc3CC2Br)C1C. The van der Waals surface area contributed by atoms with Crippen LogP contribution in [0.4, 0.5) is 0 Å². The van der Waals surface area contributed by atoms with Crippen LogP contribution in [-0.2, 0) is 16.0 Å². The molecule has 1 aliphatic carbocycles. The van der Waals surface area contributed by atoms with Crippen LogP contribution in [-0.4, -0.2) is 22.9 Å². The number of halogens is 1. The van der Waals surface area contributed by atoms with Crippen molar-refractivity contribution in [3.63, 3.8) is 0 Å². The maximum atomic E-state index is 12.7. The fourth-order valence-electron chi connectivity index (χ4n) is 3.68. The molecule has 1 aromatic rings. The van der Waals surface area contributed by atoms with Crippen LogP contribution in [0.1, 0.15) is 37.9 Å². The smallest absolute Gasteiger partial charge is 0.226 e. The Morgan fingerprint density at radius 2 is 1.95 bits per heavy atom. The highest BCUT2D eigenvalue weighted by Crippen LogP contribution is 2.37. The van der Waals surface area contributed by atoms with Crippen LogP contribution in [0.25, 0.3) is 0 Å². The van der Waals surface area contributed by atoms with Gasteiger partial charge in [0.15, 0.2) is 0 Å². The van der Waals surface area contributed by atoms with Gasteiger partial charge in [-0.25, -0.2) is 0 Å². The molecular formula is C17H22BrNO2. The van der Waals surface area contributed by atoms with E-state index in [4.69, 9.17) is 4.74 Å². The predicted molar refractivity (Wildman–Crippen MR) is 86.4 cm³/mol. The molecule has 0 radical (unpaired) electrons. The molecule has 1 aliphatic heterocycles. The second-order valence-corrected chi connectivity index (χ2v) is 7.51. The third kappa shape index (κ3) is 2.64. The van der Waals surface area contributed by atoms with Gasteiger partial charge in [0.05, 0.1) is 24.2 Å². The number of alkyl halides is 1. The maximum Gasteiger partial charge on any atom is 0.226 e. The highest BCUT2D eigenvalue weighted by Gasteiger charge is 2.43. The van der Waals surface area contributed by atoms with Crippen LogP contribution >= 0.6 is 15.9 Å². The molecule has 3 nitrogen and oxygen atoms in total. The number of amides is 1. The van der Waals surface area contributed by atoms with E-state index in [1.54, 1.807) is 0 Å². The van der Waals surface area contributed by atoms with Gasteiger partial charge in [-0.05, 0) is 37.3 Å². The van der Waals surface area contributed by atoms with E-state index in [0.717, 1.165) is 6.42 Å². The number of benzene rings is 1. The number of fused-ring (bicyclic) bond motifs is 1. The van der Waals surface area contributed by atoms with E-state index in [1.807, 2.05) is 19.9 Å². The lowest BCUT2D eigenvalue weighted by Crippen LogP contribution is -2.40. The zero-order chi connectivity index (χ0) is 15.1. The summed E-state index contributed by atoms with van der Waals surface area (Å²) in [5, 5.41) is 3.24. The Kier molecular flexibility index (Phi) is 4.10. The first-order valence-corrected chi connectivity index (χ1v) is 8.58. The fourth-order valence-corrected chi connectivity index (χ4v) is 4.45. The van der Waals surface area contributed by atoms with Crippen molar-refractivity contribution >= 4 is 21.8 Å². The number of rotatable bonds is 2. The quantitative estimate of drug-likeness (QED) is 0.830. The molecule has 6 unspecified atom stereocenters. The van der Waals surface area contributed by atoms with Crippen molar-refractivity contribution in [2.45, 2.75) is 50.3 Å². The molecule has 114 valence electrons. The summed E-state index contributed by atoms with van der Waals surface area (Å²) < 4.78 is 5.80. The van der Waals surface area contributed by atoms with E-state index in [9.17, 15) is 4.79 Å². The number of carbonyl (C=O) groups is 1. The number of hydrogen-bond donors (Lipinski definition) is 1.